The van der Waals surface area contributed by atoms with Gasteiger partial charge in [0.25, 0.3) is 0 Å². The average molecular weight is 449 g/mol. The number of para-hydroxylation sites is 1. The molecule has 0 atom stereocenters. The van der Waals surface area contributed by atoms with Crippen LogP contribution in [0.4, 0.5) is 5.69 Å². The molecule has 3 rings (SSSR count). The molecule has 164 valence electrons. The van der Waals surface area contributed by atoms with Crippen molar-refractivity contribution in [1.82, 2.24) is 0 Å². The predicted octanol–water partition coefficient (Wildman–Crippen LogP) is 6.29. The van der Waals surface area contributed by atoms with Gasteiger partial charge in [0.15, 0.2) is 0 Å². The van der Waals surface area contributed by atoms with Crippen LogP contribution in [0.2, 0.25) is 5.02 Å². The van der Waals surface area contributed by atoms with E-state index in [0.29, 0.717) is 24.5 Å². The Hall–Kier alpha value is -3.57. The number of allylic oxidation sites excluding steroid dienone is 1. The van der Waals surface area contributed by atoms with E-state index in [4.69, 9.17) is 21.4 Å². The summed E-state index contributed by atoms with van der Waals surface area (Å²) in [6.45, 7) is 4.12. The fourth-order valence-corrected chi connectivity index (χ4v) is 3.45. The van der Waals surface area contributed by atoms with E-state index in [9.17, 15) is 4.79 Å². The van der Waals surface area contributed by atoms with Crippen LogP contribution in [0.3, 0.4) is 0 Å². The van der Waals surface area contributed by atoms with Crippen molar-refractivity contribution in [1.29, 1.82) is 0 Å². The molecule has 6 heteroatoms. The Labute approximate surface area is 193 Å². The summed E-state index contributed by atoms with van der Waals surface area (Å²) in [5.74, 6) is -0.0854. The number of nitrogens with zero attached hydrogens (tertiary/aromatic N) is 2. The molecule has 3 aromatic carbocycles. The van der Waals surface area contributed by atoms with Crippen molar-refractivity contribution in [2.75, 3.05) is 11.6 Å². The molecule has 0 aliphatic heterocycles. The van der Waals surface area contributed by atoms with E-state index in [-0.39, 0.29) is 6.42 Å². The van der Waals surface area contributed by atoms with Gasteiger partial charge in [-0.25, -0.2) is 5.01 Å². The molecule has 0 unspecified atom stereocenters. The standard InChI is InChI=1S/C26H25ClN2O3/c1-28-29(23-13-7-12-22(27)19-23)24(20-9-3-2-4-10-20)17-16-21-11-5-6-14-25(21)32-18-8-15-26(30)31/h2-7,9-14,17,19H,1,8,15-16,18H2,(H,30,31)/b24-17-. The Morgan fingerprint density at radius 1 is 1.06 bits per heavy atom. The van der Waals surface area contributed by atoms with Gasteiger partial charge >= 0.3 is 5.97 Å². The van der Waals surface area contributed by atoms with Gasteiger partial charge in [0.1, 0.15) is 5.75 Å². The maximum Gasteiger partial charge on any atom is 0.303 e. The summed E-state index contributed by atoms with van der Waals surface area (Å²) in [6, 6.07) is 25.2. The number of halogens is 1. The summed E-state index contributed by atoms with van der Waals surface area (Å²) in [5, 5.41) is 15.4. The summed E-state index contributed by atoms with van der Waals surface area (Å²) in [6.07, 6.45) is 3.20. The second kappa shape index (κ2) is 11.7. The Bertz CT molecular complexity index is 1080. The normalized spacial score (nSPS) is 11.1. The summed E-state index contributed by atoms with van der Waals surface area (Å²) in [5.41, 5.74) is 3.65. The van der Waals surface area contributed by atoms with E-state index < -0.39 is 5.97 Å². The number of ether oxygens (including phenoxy) is 1. The van der Waals surface area contributed by atoms with Crippen LogP contribution in [0.1, 0.15) is 24.0 Å². The van der Waals surface area contributed by atoms with Crippen LogP contribution in [0.25, 0.3) is 5.70 Å². The molecule has 0 fully saturated rings. The molecule has 0 bridgehead atoms. The van der Waals surface area contributed by atoms with Gasteiger partial charge in [0.2, 0.25) is 0 Å². The van der Waals surface area contributed by atoms with Crippen molar-refractivity contribution in [2.24, 2.45) is 5.10 Å². The molecule has 0 aliphatic carbocycles. The Morgan fingerprint density at radius 2 is 1.81 bits per heavy atom. The van der Waals surface area contributed by atoms with Crippen molar-refractivity contribution in [3.05, 3.63) is 101 Å². The number of anilines is 1. The fraction of sp³-hybridized carbons (Fsp3) is 0.154. The molecular formula is C26H25ClN2O3. The van der Waals surface area contributed by atoms with Gasteiger partial charge in [-0.05, 0) is 48.2 Å². The molecule has 1 N–H and O–H groups in total. The molecule has 5 nitrogen and oxygen atoms in total. The number of rotatable bonds is 11. The van der Waals surface area contributed by atoms with E-state index in [1.54, 1.807) is 5.01 Å². The largest absolute Gasteiger partial charge is 0.493 e. The lowest BCUT2D eigenvalue weighted by atomic mass is 10.1. The van der Waals surface area contributed by atoms with Gasteiger partial charge in [-0.2, -0.15) is 5.10 Å². The second-order valence-corrected chi connectivity index (χ2v) is 7.48. The Morgan fingerprint density at radius 3 is 2.53 bits per heavy atom. The summed E-state index contributed by atoms with van der Waals surface area (Å²) < 4.78 is 5.85. The van der Waals surface area contributed by atoms with Crippen molar-refractivity contribution in [2.45, 2.75) is 19.3 Å². The number of carbonyl (C=O) groups is 1. The third-order valence-corrected chi connectivity index (χ3v) is 5.01. The first-order valence-electron chi connectivity index (χ1n) is 10.3. The second-order valence-electron chi connectivity index (χ2n) is 7.05. The first-order chi connectivity index (χ1) is 15.6. The van der Waals surface area contributed by atoms with Crippen LogP contribution in [-0.2, 0) is 11.2 Å². The predicted molar refractivity (Wildman–Crippen MR) is 130 cm³/mol. The highest BCUT2D eigenvalue weighted by molar-refractivity contribution is 6.30. The van der Waals surface area contributed by atoms with Crippen LogP contribution in [0.15, 0.2) is 90.0 Å². The van der Waals surface area contributed by atoms with Crippen molar-refractivity contribution in [3.63, 3.8) is 0 Å². The molecule has 0 amide bonds. The summed E-state index contributed by atoms with van der Waals surface area (Å²) in [4.78, 5) is 10.7. The zero-order chi connectivity index (χ0) is 22.8. The highest BCUT2D eigenvalue weighted by Crippen LogP contribution is 2.30. The van der Waals surface area contributed by atoms with E-state index in [1.165, 1.54) is 0 Å². The van der Waals surface area contributed by atoms with E-state index in [1.807, 2.05) is 78.9 Å². The number of benzene rings is 3. The number of carboxylic acid groups (broad SMARTS) is 1. The van der Waals surface area contributed by atoms with E-state index in [0.717, 1.165) is 28.3 Å². The van der Waals surface area contributed by atoms with E-state index >= 15 is 0 Å². The third kappa shape index (κ3) is 6.46. The van der Waals surface area contributed by atoms with Crippen LogP contribution < -0.4 is 9.75 Å². The molecule has 0 saturated heterocycles. The minimum atomic E-state index is -0.824. The lowest BCUT2D eigenvalue weighted by molar-refractivity contribution is -0.137. The molecule has 0 aromatic heterocycles. The molecular weight excluding hydrogens is 424 g/mol. The highest BCUT2D eigenvalue weighted by Gasteiger charge is 2.14. The Balaban J connectivity index is 1.89. The summed E-state index contributed by atoms with van der Waals surface area (Å²) in [7, 11) is 0. The van der Waals surface area contributed by atoms with Gasteiger partial charge in [-0.3, -0.25) is 4.79 Å². The van der Waals surface area contributed by atoms with Gasteiger partial charge < -0.3 is 9.84 Å². The summed E-state index contributed by atoms with van der Waals surface area (Å²) >= 11 is 6.21. The van der Waals surface area contributed by atoms with Crippen LogP contribution in [0.5, 0.6) is 5.75 Å². The highest BCUT2D eigenvalue weighted by atomic mass is 35.5. The van der Waals surface area contributed by atoms with Crippen LogP contribution in [0, 0.1) is 0 Å². The molecule has 0 radical (unpaired) electrons. The molecule has 0 aliphatic rings. The zero-order valence-electron chi connectivity index (χ0n) is 17.7. The van der Waals surface area contributed by atoms with Gasteiger partial charge in [0, 0.05) is 18.2 Å². The van der Waals surface area contributed by atoms with Gasteiger partial charge in [0.05, 0.1) is 18.0 Å². The lowest BCUT2D eigenvalue weighted by Crippen LogP contribution is -2.14. The molecule has 32 heavy (non-hydrogen) atoms. The van der Waals surface area contributed by atoms with Crippen molar-refractivity contribution >= 4 is 35.7 Å². The van der Waals surface area contributed by atoms with Crippen LogP contribution in [-0.4, -0.2) is 24.4 Å². The maximum absolute atomic E-state index is 10.7. The average Bonchev–Trinajstić information content (AvgIpc) is 2.80. The van der Waals surface area contributed by atoms with Gasteiger partial charge in [-0.15, -0.1) is 0 Å². The first kappa shape index (κ1) is 23.1. The quantitative estimate of drug-likeness (QED) is 0.213. The number of hydrogen-bond donors (Lipinski definition) is 1. The third-order valence-electron chi connectivity index (χ3n) is 4.77. The van der Waals surface area contributed by atoms with Crippen molar-refractivity contribution in [3.8, 4) is 5.75 Å². The topological polar surface area (TPSA) is 62.1 Å². The maximum atomic E-state index is 10.7. The minimum absolute atomic E-state index is 0.0832. The molecule has 0 heterocycles. The van der Waals surface area contributed by atoms with Crippen molar-refractivity contribution < 1.29 is 14.6 Å². The number of hydrazone groups is 1. The molecule has 3 aromatic rings. The fourth-order valence-electron chi connectivity index (χ4n) is 3.27. The zero-order valence-corrected chi connectivity index (χ0v) is 18.4. The van der Waals surface area contributed by atoms with Crippen LogP contribution >= 0.6 is 11.6 Å². The first-order valence-corrected chi connectivity index (χ1v) is 10.7. The smallest absolute Gasteiger partial charge is 0.303 e. The number of carboxylic acids is 1. The molecule has 0 spiro atoms. The number of hydrogen-bond acceptors (Lipinski definition) is 4. The van der Waals surface area contributed by atoms with E-state index in [2.05, 4.69) is 17.9 Å². The number of aliphatic carboxylic acids is 1. The molecule has 0 saturated carbocycles. The van der Waals surface area contributed by atoms with Gasteiger partial charge in [-0.1, -0.05) is 72.3 Å². The minimum Gasteiger partial charge on any atom is -0.493 e. The Kier molecular flexibility index (Phi) is 8.46. The monoisotopic (exact) mass is 448 g/mol. The SMILES string of the molecule is C=NN(/C(=C\Cc1ccccc1OCCCC(=O)O)c1ccccc1)c1cccc(Cl)c1. The lowest BCUT2D eigenvalue weighted by Gasteiger charge is -2.23.